The number of aliphatic hydroxyl groups excluding tert-OH is 1. The van der Waals surface area contributed by atoms with Crippen LogP contribution in [0.4, 0.5) is 0 Å². The first kappa shape index (κ1) is 11.9. The maximum atomic E-state index is 12.5. The van der Waals surface area contributed by atoms with Crippen LogP contribution in [0, 0.1) is 5.41 Å². The van der Waals surface area contributed by atoms with E-state index in [1.54, 1.807) is 0 Å². The van der Waals surface area contributed by atoms with Crippen molar-refractivity contribution >= 4 is 5.91 Å². The van der Waals surface area contributed by atoms with Crippen LogP contribution in [0.25, 0.3) is 0 Å². The van der Waals surface area contributed by atoms with Crippen molar-refractivity contribution < 1.29 is 9.90 Å². The van der Waals surface area contributed by atoms with E-state index in [0.717, 1.165) is 45.3 Å². The number of nitrogens with zero attached hydrogens (tertiary/aromatic N) is 1. The molecule has 2 aliphatic rings. The maximum Gasteiger partial charge on any atom is 0.230 e. The molecule has 2 aliphatic heterocycles. The Morgan fingerprint density at radius 2 is 2.44 bits per heavy atom. The topological polar surface area (TPSA) is 52.6 Å². The molecule has 16 heavy (non-hydrogen) atoms. The van der Waals surface area contributed by atoms with E-state index in [2.05, 4.69) is 12.2 Å². The van der Waals surface area contributed by atoms with Gasteiger partial charge in [-0.15, -0.1) is 0 Å². The Morgan fingerprint density at radius 3 is 3.00 bits per heavy atom. The van der Waals surface area contributed by atoms with E-state index in [1.807, 2.05) is 4.90 Å². The standard InChI is InChI=1S/C12H22N2O2/c1-2-12(5-6-13-9-12)11(16)14-7-3-4-10(14)8-15/h10,13,15H,2-9H2,1H3/t10-,12?/m1/s1. The molecule has 2 rings (SSSR count). The van der Waals surface area contributed by atoms with Gasteiger partial charge < -0.3 is 15.3 Å². The van der Waals surface area contributed by atoms with Crippen LogP contribution in [-0.2, 0) is 4.79 Å². The van der Waals surface area contributed by atoms with Gasteiger partial charge in [0.25, 0.3) is 0 Å². The van der Waals surface area contributed by atoms with Crippen molar-refractivity contribution in [2.45, 2.75) is 38.6 Å². The highest BCUT2D eigenvalue weighted by molar-refractivity contribution is 5.84. The number of aliphatic hydroxyl groups is 1. The average Bonchev–Trinajstić information content (AvgIpc) is 2.97. The molecule has 2 heterocycles. The molecule has 2 N–H and O–H groups in total. The quantitative estimate of drug-likeness (QED) is 0.730. The van der Waals surface area contributed by atoms with Crippen molar-refractivity contribution in [3.05, 3.63) is 0 Å². The maximum absolute atomic E-state index is 12.5. The lowest BCUT2D eigenvalue weighted by molar-refractivity contribution is -0.143. The first-order chi connectivity index (χ1) is 7.73. The minimum absolute atomic E-state index is 0.0662. The molecule has 0 aromatic rings. The summed E-state index contributed by atoms with van der Waals surface area (Å²) in [6, 6.07) is 0.0662. The van der Waals surface area contributed by atoms with Crippen LogP contribution >= 0.6 is 0 Å². The zero-order valence-electron chi connectivity index (χ0n) is 10.0. The average molecular weight is 226 g/mol. The van der Waals surface area contributed by atoms with Crippen molar-refractivity contribution in [2.75, 3.05) is 26.2 Å². The second kappa shape index (κ2) is 4.72. The molecule has 2 atom stereocenters. The van der Waals surface area contributed by atoms with Crippen LogP contribution in [0.15, 0.2) is 0 Å². The van der Waals surface area contributed by atoms with Gasteiger partial charge in [0, 0.05) is 13.1 Å². The summed E-state index contributed by atoms with van der Waals surface area (Å²) in [5, 5.41) is 12.6. The molecule has 2 saturated heterocycles. The van der Waals surface area contributed by atoms with Gasteiger partial charge in [-0.25, -0.2) is 0 Å². The molecule has 4 heteroatoms. The summed E-state index contributed by atoms with van der Waals surface area (Å²) < 4.78 is 0. The molecule has 0 saturated carbocycles. The fourth-order valence-corrected chi connectivity index (χ4v) is 2.98. The van der Waals surface area contributed by atoms with Crippen molar-refractivity contribution in [3.8, 4) is 0 Å². The minimum atomic E-state index is -0.197. The second-order valence-electron chi connectivity index (χ2n) is 5.04. The van der Waals surface area contributed by atoms with E-state index in [-0.39, 0.29) is 24.0 Å². The van der Waals surface area contributed by atoms with E-state index in [0.29, 0.717) is 0 Å². The number of amides is 1. The van der Waals surface area contributed by atoms with Crippen LogP contribution < -0.4 is 5.32 Å². The van der Waals surface area contributed by atoms with E-state index in [1.165, 1.54) is 0 Å². The van der Waals surface area contributed by atoms with Crippen LogP contribution in [0.3, 0.4) is 0 Å². The number of nitrogens with one attached hydrogen (secondary N) is 1. The lowest BCUT2D eigenvalue weighted by atomic mass is 9.82. The summed E-state index contributed by atoms with van der Waals surface area (Å²) in [4.78, 5) is 14.5. The summed E-state index contributed by atoms with van der Waals surface area (Å²) in [6.07, 6.45) is 3.82. The molecule has 0 aromatic heterocycles. The van der Waals surface area contributed by atoms with Crippen molar-refractivity contribution in [2.24, 2.45) is 5.41 Å². The van der Waals surface area contributed by atoms with Crippen LogP contribution in [0.1, 0.15) is 32.6 Å². The third-order valence-electron chi connectivity index (χ3n) is 4.22. The number of rotatable bonds is 3. The first-order valence-electron chi connectivity index (χ1n) is 6.36. The van der Waals surface area contributed by atoms with E-state index < -0.39 is 0 Å². The summed E-state index contributed by atoms with van der Waals surface area (Å²) in [5.41, 5.74) is -0.197. The number of hydrogen-bond donors (Lipinski definition) is 2. The molecule has 1 unspecified atom stereocenters. The molecule has 4 nitrogen and oxygen atoms in total. The van der Waals surface area contributed by atoms with Crippen molar-refractivity contribution in [1.29, 1.82) is 0 Å². The predicted octanol–water partition coefficient (Wildman–Crippen LogP) is 0.359. The van der Waals surface area contributed by atoms with Crippen LogP contribution in [0.2, 0.25) is 0 Å². The molecule has 0 aliphatic carbocycles. The summed E-state index contributed by atoms with van der Waals surface area (Å²) >= 11 is 0. The number of carbonyl (C=O) groups excluding carboxylic acids is 1. The first-order valence-corrected chi connectivity index (χ1v) is 6.36. The predicted molar refractivity (Wildman–Crippen MR) is 62.0 cm³/mol. The molecule has 0 spiro atoms. The molecular weight excluding hydrogens is 204 g/mol. The Morgan fingerprint density at radius 1 is 1.62 bits per heavy atom. The monoisotopic (exact) mass is 226 g/mol. The van der Waals surface area contributed by atoms with Gasteiger partial charge >= 0.3 is 0 Å². The molecule has 92 valence electrons. The third-order valence-corrected chi connectivity index (χ3v) is 4.22. The smallest absolute Gasteiger partial charge is 0.230 e. The van der Waals surface area contributed by atoms with Crippen LogP contribution in [-0.4, -0.2) is 48.2 Å². The molecular formula is C12H22N2O2. The summed E-state index contributed by atoms with van der Waals surface area (Å²) in [7, 11) is 0. The normalized spacial score (nSPS) is 34.6. The SMILES string of the molecule is CCC1(C(=O)N2CCC[C@@H]2CO)CCNC1. The fourth-order valence-electron chi connectivity index (χ4n) is 2.98. The van der Waals surface area contributed by atoms with E-state index in [9.17, 15) is 9.90 Å². The number of hydrogen-bond acceptors (Lipinski definition) is 3. The summed E-state index contributed by atoms with van der Waals surface area (Å²) in [6.45, 7) is 4.77. The Hall–Kier alpha value is -0.610. The molecule has 1 amide bonds. The zero-order valence-corrected chi connectivity index (χ0v) is 10.0. The van der Waals surface area contributed by atoms with Gasteiger partial charge in [-0.05, 0) is 32.2 Å². The second-order valence-corrected chi connectivity index (χ2v) is 5.04. The van der Waals surface area contributed by atoms with Gasteiger partial charge in [-0.2, -0.15) is 0 Å². The fraction of sp³-hybridized carbons (Fsp3) is 0.917. The molecule has 2 fully saturated rings. The van der Waals surface area contributed by atoms with Crippen molar-refractivity contribution in [1.82, 2.24) is 10.2 Å². The lowest BCUT2D eigenvalue weighted by Gasteiger charge is -2.33. The highest BCUT2D eigenvalue weighted by Crippen LogP contribution is 2.34. The third kappa shape index (κ3) is 1.84. The van der Waals surface area contributed by atoms with Crippen LogP contribution in [0.5, 0.6) is 0 Å². The summed E-state index contributed by atoms with van der Waals surface area (Å²) in [5.74, 6) is 0.261. The Bertz CT molecular complexity index is 262. The van der Waals surface area contributed by atoms with Crippen molar-refractivity contribution in [3.63, 3.8) is 0 Å². The molecule has 0 aromatic carbocycles. The zero-order chi connectivity index (χ0) is 11.6. The van der Waals surface area contributed by atoms with Gasteiger partial charge in [0.15, 0.2) is 0 Å². The molecule has 0 bridgehead atoms. The highest BCUT2D eigenvalue weighted by Gasteiger charge is 2.44. The Balaban J connectivity index is 2.10. The largest absolute Gasteiger partial charge is 0.394 e. The van der Waals surface area contributed by atoms with Gasteiger partial charge in [0.1, 0.15) is 0 Å². The van der Waals surface area contributed by atoms with Gasteiger partial charge in [-0.3, -0.25) is 4.79 Å². The van der Waals surface area contributed by atoms with Gasteiger partial charge in [0.05, 0.1) is 18.1 Å². The van der Waals surface area contributed by atoms with E-state index in [4.69, 9.17) is 0 Å². The highest BCUT2D eigenvalue weighted by atomic mass is 16.3. The minimum Gasteiger partial charge on any atom is -0.394 e. The number of likely N-dealkylation sites (tertiary alicyclic amines) is 1. The lowest BCUT2D eigenvalue weighted by Crippen LogP contribution is -2.48. The van der Waals surface area contributed by atoms with Gasteiger partial charge in [0.2, 0.25) is 5.91 Å². The molecule has 0 radical (unpaired) electrons. The Kier molecular flexibility index (Phi) is 3.50. The van der Waals surface area contributed by atoms with Gasteiger partial charge in [-0.1, -0.05) is 6.92 Å². The van der Waals surface area contributed by atoms with E-state index >= 15 is 0 Å². The Labute approximate surface area is 97.0 Å². The number of carbonyl (C=O) groups is 1.